The number of fused-ring (bicyclic) bond motifs is 2. The summed E-state index contributed by atoms with van der Waals surface area (Å²) >= 11 is 0. The second-order valence-electron chi connectivity index (χ2n) is 9.45. The van der Waals surface area contributed by atoms with Crippen LogP contribution in [0.4, 0.5) is 10.1 Å². The van der Waals surface area contributed by atoms with Crippen molar-refractivity contribution in [2.24, 2.45) is 7.05 Å². The lowest BCUT2D eigenvalue weighted by atomic mass is 9.85. The van der Waals surface area contributed by atoms with Crippen molar-refractivity contribution in [2.75, 3.05) is 4.72 Å². The molecule has 0 amide bonds. The Bertz CT molecular complexity index is 1730. The van der Waals surface area contributed by atoms with E-state index in [0.29, 0.717) is 11.4 Å². The standard InChI is InChI=1S/C30H25FN2O3S/c1-19-8-12-23(13-9-19)37(34,35)32-22-11-15-28-25(17-22)29(20-6-4-3-5-7-20)30(36-28)26-18-33(2)27-14-10-21(31)16-24(26)27/h3-18,29-30,32H,1-2H3/t29-,30+/m0/s1. The van der Waals surface area contributed by atoms with Gasteiger partial charge in [0, 0.05) is 41.0 Å². The number of ether oxygens (including phenoxy) is 1. The van der Waals surface area contributed by atoms with Crippen LogP contribution in [0.25, 0.3) is 10.9 Å². The minimum Gasteiger partial charge on any atom is -0.484 e. The molecule has 0 unspecified atom stereocenters. The molecule has 4 aromatic carbocycles. The van der Waals surface area contributed by atoms with Gasteiger partial charge in [-0.1, -0.05) is 48.0 Å². The number of hydrogen-bond donors (Lipinski definition) is 1. The number of halogens is 1. The zero-order valence-corrected chi connectivity index (χ0v) is 21.2. The third-order valence-electron chi connectivity index (χ3n) is 6.93. The predicted molar refractivity (Wildman–Crippen MR) is 143 cm³/mol. The molecule has 1 aliphatic heterocycles. The first-order valence-electron chi connectivity index (χ1n) is 12.0. The molecule has 2 atom stereocenters. The summed E-state index contributed by atoms with van der Waals surface area (Å²) in [6.45, 7) is 1.91. The van der Waals surface area contributed by atoms with Crippen molar-refractivity contribution >= 4 is 26.6 Å². The van der Waals surface area contributed by atoms with E-state index in [1.165, 1.54) is 6.07 Å². The molecule has 5 aromatic rings. The molecule has 0 aliphatic carbocycles. The quantitative estimate of drug-likeness (QED) is 0.285. The van der Waals surface area contributed by atoms with E-state index < -0.39 is 16.1 Å². The van der Waals surface area contributed by atoms with Crippen molar-refractivity contribution in [3.63, 3.8) is 0 Å². The van der Waals surface area contributed by atoms with Crippen LogP contribution in [0.5, 0.6) is 5.75 Å². The summed E-state index contributed by atoms with van der Waals surface area (Å²) in [5.74, 6) is 0.152. The Morgan fingerprint density at radius 2 is 1.65 bits per heavy atom. The van der Waals surface area contributed by atoms with Crippen LogP contribution in [-0.2, 0) is 17.1 Å². The van der Waals surface area contributed by atoms with Gasteiger partial charge in [-0.05, 0) is 61.0 Å². The highest BCUT2D eigenvalue weighted by molar-refractivity contribution is 7.92. The van der Waals surface area contributed by atoms with Gasteiger partial charge in [0.15, 0.2) is 0 Å². The number of sulfonamides is 1. The maximum Gasteiger partial charge on any atom is 0.261 e. The summed E-state index contributed by atoms with van der Waals surface area (Å²) in [6, 6.07) is 26.8. The van der Waals surface area contributed by atoms with E-state index in [2.05, 4.69) is 4.72 Å². The number of aromatic nitrogens is 1. The first-order chi connectivity index (χ1) is 17.8. The zero-order chi connectivity index (χ0) is 25.7. The number of aryl methyl sites for hydroxylation is 2. The van der Waals surface area contributed by atoms with E-state index in [0.717, 1.165) is 33.2 Å². The molecule has 186 valence electrons. The lowest BCUT2D eigenvalue weighted by molar-refractivity contribution is 0.224. The SMILES string of the molecule is Cc1ccc(S(=O)(=O)Nc2ccc3c(c2)[C@H](c2ccccc2)[C@@H](c2cn(C)c4ccc(F)cc24)O3)cc1. The van der Waals surface area contributed by atoms with Crippen LogP contribution in [0.15, 0.2) is 102 Å². The minimum atomic E-state index is -3.76. The highest BCUT2D eigenvalue weighted by atomic mass is 32.2. The number of rotatable bonds is 5. The summed E-state index contributed by atoms with van der Waals surface area (Å²) in [5.41, 5.74) is 5.12. The molecule has 1 N–H and O–H groups in total. The van der Waals surface area contributed by atoms with Crippen LogP contribution in [0.1, 0.15) is 34.3 Å². The lowest BCUT2D eigenvalue weighted by Gasteiger charge is -2.20. The fourth-order valence-electron chi connectivity index (χ4n) is 5.14. The van der Waals surface area contributed by atoms with E-state index in [1.807, 2.05) is 61.1 Å². The van der Waals surface area contributed by atoms with Gasteiger partial charge in [0.2, 0.25) is 0 Å². The second kappa shape index (κ2) is 8.78. The summed E-state index contributed by atoms with van der Waals surface area (Å²) in [7, 11) is -1.83. The Morgan fingerprint density at radius 3 is 2.41 bits per heavy atom. The number of benzene rings is 4. The van der Waals surface area contributed by atoms with Gasteiger partial charge >= 0.3 is 0 Å². The molecule has 0 spiro atoms. The summed E-state index contributed by atoms with van der Waals surface area (Å²) in [4.78, 5) is 0.199. The van der Waals surface area contributed by atoms with Gasteiger partial charge in [-0.2, -0.15) is 0 Å². The average molecular weight is 513 g/mol. The monoisotopic (exact) mass is 512 g/mol. The maximum atomic E-state index is 14.3. The Hall–Kier alpha value is -4.10. The van der Waals surface area contributed by atoms with E-state index in [1.54, 1.807) is 48.5 Å². The Kier molecular flexibility index (Phi) is 5.53. The molecule has 0 radical (unpaired) electrons. The summed E-state index contributed by atoms with van der Waals surface area (Å²) in [5, 5.41) is 0.793. The zero-order valence-electron chi connectivity index (χ0n) is 20.4. The maximum absolute atomic E-state index is 14.3. The molecule has 0 saturated carbocycles. The van der Waals surface area contributed by atoms with Gasteiger partial charge in [0.05, 0.1) is 10.8 Å². The predicted octanol–water partition coefficient (Wildman–Crippen LogP) is 6.69. The molecular formula is C30H25FN2O3S. The second-order valence-corrected chi connectivity index (χ2v) is 11.1. The molecule has 1 aliphatic rings. The molecule has 1 aromatic heterocycles. The number of nitrogens with zero attached hydrogens (tertiary/aromatic N) is 1. The van der Waals surface area contributed by atoms with Gasteiger partial charge in [-0.15, -0.1) is 0 Å². The fraction of sp³-hybridized carbons (Fsp3) is 0.133. The minimum absolute atomic E-state index is 0.199. The van der Waals surface area contributed by atoms with Crippen LogP contribution in [0, 0.1) is 12.7 Å². The van der Waals surface area contributed by atoms with Crippen LogP contribution in [0.3, 0.4) is 0 Å². The van der Waals surface area contributed by atoms with Crippen molar-refractivity contribution in [1.82, 2.24) is 4.57 Å². The number of anilines is 1. The molecule has 0 saturated heterocycles. The van der Waals surface area contributed by atoms with E-state index in [4.69, 9.17) is 4.74 Å². The van der Waals surface area contributed by atoms with E-state index in [-0.39, 0.29) is 16.6 Å². The van der Waals surface area contributed by atoms with Gasteiger partial charge in [-0.25, -0.2) is 12.8 Å². The largest absolute Gasteiger partial charge is 0.484 e. The topological polar surface area (TPSA) is 60.3 Å². The van der Waals surface area contributed by atoms with Crippen molar-refractivity contribution < 1.29 is 17.5 Å². The molecule has 0 bridgehead atoms. The fourth-order valence-corrected chi connectivity index (χ4v) is 6.19. The van der Waals surface area contributed by atoms with Gasteiger partial charge in [0.1, 0.15) is 17.7 Å². The normalized spacial score (nSPS) is 16.9. The molecule has 2 heterocycles. The smallest absolute Gasteiger partial charge is 0.261 e. The Balaban J connectivity index is 1.44. The van der Waals surface area contributed by atoms with Crippen molar-refractivity contribution in [2.45, 2.75) is 23.8 Å². The lowest BCUT2D eigenvalue weighted by Crippen LogP contribution is -2.13. The molecule has 37 heavy (non-hydrogen) atoms. The van der Waals surface area contributed by atoms with Crippen LogP contribution < -0.4 is 9.46 Å². The van der Waals surface area contributed by atoms with E-state index >= 15 is 0 Å². The molecule has 6 rings (SSSR count). The van der Waals surface area contributed by atoms with Crippen molar-refractivity contribution in [1.29, 1.82) is 0 Å². The average Bonchev–Trinajstić information content (AvgIpc) is 3.41. The third-order valence-corrected chi connectivity index (χ3v) is 8.33. The highest BCUT2D eigenvalue weighted by Crippen LogP contribution is 2.51. The molecular weight excluding hydrogens is 487 g/mol. The summed E-state index contributed by atoms with van der Waals surface area (Å²) < 4.78 is 51.5. The molecule has 7 heteroatoms. The molecule has 0 fully saturated rings. The number of nitrogens with one attached hydrogen (secondary N) is 1. The van der Waals surface area contributed by atoms with Crippen molar-refractivity contribution in [3.05, 3.63) is 125 Å². The summed E-state index contributed by atoms with van der Waals surface area (Å²) in [6.07, 6.45) is 1.57. The first kappa shape index (κ1) is 23.3. The van der Waals surface area contributed by atoms with Crippen LogP contribution >= 0.6 is 0 Å². The number of hydrogen-bond acceptors (Lipinski definition) is 3. The molecule has 5 nitrogen and oxygen atoms in total. The van der Waals surface area contributed by atoms with Crippen LogP contribution in [0.2, 0.25) is 0 Å². The highest BCUT2D eigenvalue weighted by Gasteiger charge is 2.38. The van der Waals surface area contributed by atoms with Gasteiger partial charge in [-0.3, -0.25) is 4.72 Å². The van der Waals surface area contributed by atoms with Gasteiger partial charge in [0.25, 0.3) is 10.0 Å². The van der Waals surface area contributed by atoms with Gasteiger partial charge < -0.3 is 9.30 Å². The van der Waals surface area contributed by atoms with Crippen molar-refractivity contribution in [3.8, 4) is 5.75 Å². The third kappa shape index (κ3) is 4.15. The van der Waals surface area contributed by atoms with E-state index in [9.17, 15) is 12.8 Å². The van der Waals surface area contributed by atoms with Crippen LogP contribution in [-0.4, -0.2) is 13.0 Å². The Morgan fingerprint density at radius 1 is 0.892 bits per heavy atom. The Labute approximate surface area is 215 Å². The first-order valence-corrected chi connectivity index (χ1v) is 13.5.